The third-order valence-corrected chi connectivity index (χ3v) is 5.49. The highest BCUT2D eigenvalue weighted by Crippen LogP contribution is 2.27. The molecule has 1 aliphatic heterocycles. The summed E-state index contributed by atoms with van der Waals surface area (Å²) in [5, 5.41) is 0. The minimum atomic E-state index is -3.17. The quantitative estimate of drug-likeness (QED) is 0.738. The van der Waals surface area contributed by atoms with Gasteiger partial charge in [0, 0.05) is 39.5 Å². The first-order valence-electron chi connectivity index (χ1n) is 6.99. The van der Waals surface area contributed by atoms with Gasteiger partial charge < -0.3 is 4.90 Å². The number of carbonyl (C=O) groups is 2. The molecule has 6 nitrogen and oxygen atoms in total. The van der Waals surface area contributed by atoms with Crippen molar-refractivity contribution in [3.05, 3.63) is 0 Å². The molecule has 1 unspecified atom stereocenters. The lowest BCUT2D eigenvalue weighted by molar-refractivity contribution is -0.146. The Labute approximate surface area is 120 Å². The summed E-state index contributed by atoms with van der Waals surface area (Å²) < 4.78 is 24.2. The predicted molar refractivity (Wildman–Crippen MR) is 74.5 cm³/mol. The van der Waals surface area contributed by atoms with Crippen molar-refractivity contribution in [2.75, 3.05) is 32.9 Å². The standard InChI is InChI=1S/C13H22N2O4S/c1-14(20(2,18)19)8-10-4-3-5-15(9-10)13(17)11-6-12(16)7-11/h10-11H,3-9H2,1-2H3. The van der Waals surface area contributed by atoms with Crippen molar-refractivity contribution in [1.29, 1.82) is 0 Å². The van der Waals surface area contributed by atoms with Gasteiger partial charge in [-0.25, -0.2) is 12.7 Å². The van der Waals surface area contributed by atoms with Gasteiger partial charge in [0.05, 0.1) is 12.2 Å². The first-order chi connectivity index (χ1) is 9.27. The van der Waals surface area contributed by atoms with Gasteiger partial charge in [0.25, 0.3) is 0 Å². The van der Waals surface area contributed by atoms with Crippen LogP contribution in [0.3, 0.4) is 0 Å². The van der Waals surface area contributed by atoms with Crippen LogP contribution in [0.4, 0.5) is 0 Å². The molecule has 2 aliphatic rings. The van der Waals surface area contributed by atoms with Crippen LogP contribution in [0, 0.1) is 11.8 Å². The number of rotatable bonds is 4. The molecular formula is C13H22N2O4S. The minimum Gasteiger partial charge on any atom is -0.342 e. The highest BCUT2D eigenvalue weighted by atomic mass is 32.2. The van der Waals surface area contributed by atoms with Crippen molar-refractivity contribution in [3.8, 4) is 0 Å². The van der Waals surface area contributed by atoms with E-state index in [1.165, 1.54) is 10.6 Å². The van der Waals surface area contributed by atoms with E-state index in [1.807, 2.05) is 0 Å². The molecule has 7 heteroatoms. The molecule has 0 spiro atoms. The lowest BCUT2D eigenvalue weighted by atomic mass is 9.82. The second-order valence-corrected chi connectivity index (χ2v) is 8.07. The molecule has 0 bridgehead atoms. The van der Waals surface area contributed by atoms with E-state index >= 15 is 0 Å². The van der Waals surface area contributed by atoms with Gasteiger partial charge in [-0.05, 0) is 18.8 Å². The average Bonchev–Trinajstić information content (AvgIpc) is 2.33. The van der Waals surface area contributed by atoms with Crippen molar-refractivity contribution in [1.82, 2.24) is 9.21 Å². The van der Waals surface area contributed by atoms with Crippen LogP contribution in [0.2, 0.25) is 0 Å². The topological polar surface area (TPSA) is 74.8 Å². The fraction of sp³-hybridized carbons (Fsp3) is 0.846. The fourth-order valence-electron chi connectivity index (χ4n) is 2.84. The Bertz CT molecular complexity index is 495. The summed E-state index contributed by atoms with van der Waals surface area (Å²) in [4.78, 5) is 25.0. The maximum atomic E-state index is 12.2. The van der Waals surface area contributed by atoms with E-state index in [4.69, 9.17) is 0 Å². The van der Waals surface area contributed by atoms with Crippen LogP contribution < -0.4 is 0 Å². The van der Waals surface area contributed by atoms with Crippen molar-refractivity contribution in [3.63, 3.8) is 0 Å². The normalized spacial score (nSPS) is 24.9. The third-order valence-electron chi connectivity index (χ3n) is 4.21. The molecule has 2 rings (SSSR count). The molecule has 0 aromatic carbocycles. The Morgan fingerprint density at radius 2 is 2.05 bits per heavy atom. The molecule has 0 aromatic rings. The van der Waals surface area contributed by atoms with E-state index in [9.17, 15) is 18.0 Å². The van der Waals surface area contributed by atoms with Gasteiger partial charge in [-0.2, -0.15) is 0 Å². The second kappa shape index (κ2) is 5.81. The zero-order valence-corrected chi connectivity index (χ0v) is 12.9. The van der Waals surface area contributed by atoms with Gasteiger partial charge in [-0.3, -0.25) is 9.59 Å². The first-order valence-corrected chi connectivity index (χ1v) is 8.84. The minimum absolute atomic E-state index is 0.0660. The van der Waals surface area contributed by atoms with Gasteiger partial charge in [0.1, 0.15) is 5.78 Å². The van der Waals surface area contributed by atoms with E-state index in [1.54, 1.807) is 11.9 Å². The number of nitrogens with zero attached hydrogens (tertiary/aromatic N) is 2. The van der Waals surface area contributed by atoms with Crippen molar-refractivity contribution in [2.24, 2.45) is 11.8 Å². The summed E-state index contributed by atoms with van der Waals surface area (Å²) in [7, 11) is -1.60. The van der Waals surface area contributed by atoms with E-state index in [2.05, 4.69) is 0 Å². The van der Waals surface area contributed by atoms with Crippen LogP contribution in [0.25, 0.3) is 0 Å². The highest BCUT2D eigenvalue weighted by Gasteiger charge is 2.37. The summed E-state index contributed by atoms with van der Waals surface area (Å²) in [5.74, 6) is 0.280. The summed E-state index contributed by atoms with van der Waals surface area (Å²) in [6.45, 7) is 1.78. The number of Topliss-reactive ketones (excluding diaryl/α,β-unsaturated/α-hetero) is 1. The number of hydrogen-bond donors (Lipinski definition) is 0. The number of carbonyl (C=O) groups excluding carboxylic acids is 2. The second-order valence-electron chi connectivity index (χ2n) is 5.98. The molecule has 20 heavy (non-hydrogen) atoms. The van der Waals surface area contributed by atoms with Crippen LogP contribution in [0.1, 0.15) is 25.7 Å². The lowest BCUT2D eigenvalue weighted by Crippen LogP contribution is -2.48. The lowest BCUT2D eigenvalue weighted by Gasteiger charge is -2.37. The SMILES string of the molecule is CN(CC1CCCN(C(=O)C2CC(=O)C2)C1)S(C)(=O)=O. The van der Waals surface area contributed by atoms with Gasteiger partial charge in [-0.15, -0.1) is 0 Å². The average molecular weight is 302 g/mol. The maximum Gasteiger partial charge on any atom is 0.226 e. The van der Waals surface area contributed by atoms with Crippen LogP contribution in [-0.4, -0.2) is 62.3 Å². The van der Waals surface area contributed by atoms with E-state index in [0.29, 0.717) is 25.9 Å². The van der Waals surface area contributed by atoms with Crippen LogP contribution in [0.15, 0.2) is 0 Å². The summed E-state index contributed by atoms with van der Waals surface area (Å²) in [5.41, 5.74) is 0. The molecular weight excluding hydrogens is 280 g/mol. The maximum absolute atomic E-state index is 12.2. The summed E-state index contributed by atoms with van der Waals surface area (Å²) >= 11 is 0. The molecule has 1 aliphatic carbocycles. The van der Waals surface area contributed by atoms with E-state index in [-0.39, 0.29) is 23.5 Å². The molecule has 0 aromatic heterocycles. The van der Waals surface area contributed by atoms with E-state index < -0.39 is 10.0 Å². The Morgan fingerprint density at radius 1 is 1.40 bits per heavy atom. The molecule has 1 atom stereocenters. The molecule has 114 valence electrons. The Hall–Kier alpha value is -0.950. The van der Waals surface area contributed by atoms with Crippen LogP contribution >= 0.6 is 0 Å². The molecule has 1 saturated carbocycles. The highest BCUT2D eigenvalue weighted by molar-refractivity contribution is 7.88. The fourth-order valence-corrected chi connectivity index (χ4v) is 3.32. The zero-order chi connectivity index (χ0) is 14.9. The molecule has 2 fully saturated rings. The van der Waals surface area contributed by atoms with Crippen molar-refractivity contribution in [2.45, 2.75) is 25.7 Å². The van der Waals surface area contributed by atoms with Crippen LogP contribution in [-0.2, 0) is 19.6 Å². The molecule has 1 amide bonds. The van der Waals surface area contributed by atoms with E-state index in [0.717, 1.165) is 19.4 Å². The Balaban J connectivity index is 1.88. The Morgan fingerprint density at radius 3 is 2.60 bits per heavy atom. The summed E-state index contributed by atoms with van der Waals surface area (Å²) in [6, 6.07) is 0. The largest absolute Gasteiger partial charge is 0.342 e. The van der Waals surface area contributed by atoms with Gasteiger partial charge >= 0.3 is 0 Å². The number of piperidine rings is 1. The number of amides is 1. The smallest absolute Gasteiger partial charge is 0.226 e. The molecule has 0 radical (unpaired) electrons. The number of likely N-dealkylation sites (tertiary alicyclic amines) is 1. The number of ketones is 1. The van der Waals surface area contributed by atoms with Crippen molar-refractivity contribution < 1.29 is 18.0 Å². The predicted octanol–water partition coefficient (Wildman–Crippen LogP) is 0.0955. The number of sulfonamides is 1. The van der Waals surface area contributed by atoms with Gasteiger partial charge in [0.15, 0.2) is 0 Å². The molecule has 0 N–H and O–H groups in total. The third kappa shape index (κ3) is 3.58. The van der Waals surface area contributed by atoms with Crippen molar-refractivity contribution >= 4 is 21.7 Å². The summed E-state index contributed by atoms with van der Waals surface area (Å²) in [6.07, 6.45) is 3.78. The Kier molecular flexibility index (Phi) is 4.49. The zero-order valence-electron chi connectivity index (χ0n) is 12.0. The molecule has 1 saturated heterocycles. The van der Waals surface area contributed by atoms with Gasteiger partial charge in [0.2, 0.25) is 15.9 Å². The number of hydrogen-bond acceptors (Lipinski definition) is 4. The molecule has 1 heterocycles. The van der Waals surface area contributed by atoms with Gasteiger partial charge in [-0.1, -0.05) is 0 Å². The monoisotopic (exact) mass is 302 g/mol. The van der Waals surface area contributed by atoms with Crippen LogP contribution in [0.5, 0.6) is 0 Å². The first kappa shape index (κ1) is 15.4.